The number of amides is 3. The molecule has 3 heterocycles. The zero-order chi connectivity index (χ0) is 22.0. The van der Waals surface area contributed by atoms with E-state index in [1.54, 1.807) is 40.1 Å². The molecule has 0 N–H and O–H groups in total. The van der Waals surface area contributed by atoms with Crippen molar-refractivity contribution in [2.24, 2.45) is 5.92 Å². The maximum atomic E-state index is 13.0. The number of carbonyl (C=O) groups is 3. The number of likely N-dealkylation sites (tertiary alicyclic amines) is 1. The minimum Gasteiger partial charge on any atom is -0.459 e. The standard InChI is InChI=1S/C22H23Cl2N3O4/c23-17-12-16(13-18(24)14-17)21(29)27-9-7-26(8-10-27)20(28)15-3-5-25(6-4-15)22(30)19-2-1-11-31-19/h1-2,11-15H,3-10H2. The monoisotopic (exact) mass is 463 g/mol. The number of carbonyl (C=O) groups excluding carboxylic acids is 3. The number of furan rings is 1. The van der Waals surface area contributed by atoms with Crippen molar-refractivity contribution in [1.29, 1.82) is 0 Å². The number of halogens is 2. The van der Waals surface area contributed by atoms with Crippen LogP contribution in [0.3, 0.4) is 0 Å². The van der Waals surface area contributed by atoms with E-state index in [-0.39, 0.29) is 23.6 Å². The third-order valence-corrected chi connectivity index (χ3v) is 6.29. The summed E-state index contributed by atoms with van der Waals surface area (Å²) in [6.45, 7) is 2.97. The van der Waals surface area contributed by atoms with Crippen LogP contribution in [0.2, 0.25) is 10.0 Å². The highest BCUT2D eigenvalue weighted by Crippen LogP contribution is 2.23. The molecule has 0 saturated carbocycles. The van der Waals surface area contributed by atoms with E-state index in [1.807, 2.05) is 4.90 Å². The molecular formula is C22H23Cl2N3O4. The van der Waals surface area contributed by atoms with Gasteiger partial charge in [-0.3, -0.25) is 14.4 Å². The van der Waals surface area contributed by atoms with Gasteiger partial charge in [0.15, 0.2) is 5.76 Å². The molecule has 2 aliphatic rings. The summed E-state index contributed by atoms with van der Waals surface area (Å²) in [4.78, 5) is 43.4. The molecule has 3 amide bonds. The summed E-state index contributed by atoms with van der Waals surface area (Å²) in [5.74, 6) is 0.0505. The highest BCUT2D eigenvalue weighted by molar-refractivity contribution is 6.35. The number of hydrogen-bond acceptors (Lipinski definition) is 4. The van der Waals surface area contributed by atoms with Gasteiger partial charge in [0.05, 0.1) is 6.26 Å². The Balaban J connectivity index is 1.28. The molecule has 0 bridgehead atoms. The van der Waals surface area contributed by atoms with E-state index < -0.39 is 0 Å². The average Bonchev–Trinajstić information content (AvgIpc) is 3.32. The molecule has 0 spiro atoms. The van der Waals surface area contributed by atoms with Gasteiger partial charge in [0.1, 0.15) is 0 Å². The predicted molar refractivity (Wildman–Crippen MR) is 116 cm³/mol. The van der Waals surface area contributed by atoms with Crippen molar-refractivity contribution in [1.82, 2.24) is 14.7 Å². The topological polar surface area (TPSA) is 74.1 Å². The lowest BCUT2D eigenvalue weighted by molar-refractivity contribution is -0.138. The first kappa shape index (κ1) is 21.7. The Bertz CT molecular complexity index is 943. The smallest absolute Gasteiger partial charge is 0.289 e. The van der Waals surface area contributed by atoms with Crippen LogP contribution in [-0.4, -0.2) is 71.7 Å². The van der Waals surface area contributed by atoms with Gasteiger partial charge in [0.25, 0.3) is 11.8 Å². The first-order valence-electron chi connectivity index (χ1n) is 10.3. The van der Waals surface area contributed by atoms with Gasteiger partial charge >= 0.3 is 0 Å². The van der Waals surface area contributed by atoms with Crippen molar-refractivity contribution >= 4 is 40.9 Å². The van der Waals surface area contributed by atoms with Crippen LogP contribution in [-0.2, 0) is 4.79 Å². The molecule has 2 aromatic rings. The molecule has 2 fully saturated rings. The summed E-state index contributed by atoms with van der Waals surface area (Å²) in [5, 5.41) is 0.836. The van der Waals surface area contributed by atoms with Gasteiger partial charge in [0.2, 0.25) is 5.91 Å². The zero-order valence-electron chi connectivity index (χ0n) is 16.9. The normalized spacial score (nSPS) is 17.7. The SMILES string of the molecule is O=C(c1cc(Cl)cc(Cl)c1)N1CCN(C(=O)C2CCN(C(=O)c3ccco3)CC2)CC1. The van der Waals surface area contributed by atoms with E-state index in [0.717, 1.165) is 0 Å². The van der Waals surface area contributed by atoms with Crippen molar-refractivity contribution < 1.29 is 18.8 Å². The Morgan fingerprint density at radius 2 is 1.39 bits per heavy atom. The van der Waals surface area contributed by atoms with Gasteiger partial charge in [-0.25, -0.2) is 0 Å². The van der Waals surface area contributed by atoms with Crippen LogP contribution in [0.1, 0.15) is 33.8 Å². The molecule has 0 unspecified atom stereocenters. The van der Waals surface area contributed by atoms with Gasteiger partial charge in [0, 0.05) is 60.8 Å². The number of rotatable bonds is 3. The summed E-state index contributed by atoms with van der Waals surface area (Å²) >= 11 is 12.0. The number of piperidine rings is 1. The minimum atomic E-state index is -0.138. The Morgan fingerprint density at radius 3 is 1.97 bits per heavy atom. The average molecular weight is 464 g/mol. The molecule has 0 radical (unpaired) electrons. The van der Waals surface area contributed by atoms with Crippen LogP contribution in [0.4, 0.5) is 0 Å². The number of hydrogen-bond donors (Lipinski definition) is 0. The third kappa shape index (κ3) is 4.88. The largest absolute Gasteiger partial charge is 0.459 e. The molecular weight excluding hydrogens is 441 g/mol. The highest BCUT2D eigenvalue weighted by Gasteiger charge is 2.33. The van der Waals surface area contributed by atoms with Crippen molar-refractivity contribution in [3.05, 3.63) is 58.0 Å². The molecule has 4 rings (SSSR count). The van der Waals surface area contributed by atoms with Gasteiger partial charge in [-0.15, -0.1) is 0 Å². The van der Waals surface area contributed by atoms with Gasteiger partial charge in [-0.05, 0) is 43.2 Å². The molecule has 1 aromatic carbocycles. The van der Waals surface area contributed by atoms with Crippen LogP contribution in [0.25, 0.3) is 0 Å². The molecule has 1 aromatic heterocycles. The second-order valence-corrected chi connectivity index (χ2v) is 8.69. The summed E-state index contributed by atoms with van der Waals surface area (Å²) in [5.41, 5.74) is 0.450. The molecule has 2 aliphatic heterocycles. The quantitative estimate of drug-likeness (QED) is 0.698. The Labute approximate surface area is 190 Å². The second kappa shape index (κ2) is 9.32. The maximum Gasteiger partial charge on any atom is 0.289 e. The Hall–Kier alpha value is -2.51. The van der Waals surface area contributed by atoms with Crippen LogP contribution in [0, 0.1) is 5.92 Å². The van der Waals surface area contributed by atoms with Crippen LogP contribution in [0.5, 0.6) is 0 Å². The van der Waals surface area contributed by atoms with E-state index in [0.29, 0.717) is 73.5 Å². The number of piperazine rings is 1. The van der Waals surface area contributed by atoms with E-state index in [2.05, 4.69) is 0 Å². The van der Waals surface area contributed by atoms with Gasteiger partial charge in [-0.1, -0.05) is 23.2 Å². The first-order valence-corrected chi connectivity index (χ1v) is 11.0. The molecule has 31 heavy (non-hydrogen) atoms. The summed E-state index contributed by atoms with van der Waals surface area (Å²) in [6.07, 6.45) is 2.74. The summed E-state index contributed by atoms with van der Waals surface area (Å²) < 4.78 is 5.18. The second-order valence-electron chi connectivity index (χ2n) is 7.82. The van der Waals surface area contributed by atoms with Gasteiger partial charge in [-0.2, -0.15) is 0 Å². The van der Waals surface area contributed by atoms with Crippen molar-refractivity contribution in [3.8, 4) is 0 Å². The van der Waals surface area contributed by atoms with Gasteiger partial charge < -0.3 is 19.1 Å². The molecule has 9 heteroatoms. The fourth-order valence-corrected chi connectivity index (χ4v) is 4.66. The lowest BCUT2D eigenvalue weighted by Crippen LogP contribution is -2.53. The summed E-state index contributed by atoms with van der Waals surface area (Å²) in [6, 6.07) is 8.13. The predicted octanol–water partition coefficient (Wildman–Crippen LogP) is 3.42. The number of nitrogens with zero attached hydrogens (tertiary/aromatic N) is 3. The fourth-order valence-electron chi connectivity index (χ4n) is 4.13. The van der Waals surface area contributed by atoms with Crippen LogP contribution < -0.4 is 0 Å². The van der Waals surface area contributed by atoms with E-state index in [4.69, 9.17) is 27.6 Å². The maximum absolute atomic E-state index is 13.0. The van der Waals surface area contributed by atoms with E-state index >= 15 is 0 Å². The van der Waals surface area contributed by atoms with Crippen LogP contribution >= 0.6 is 23.2 Å². The van der Waals surface area contributed by atoms with Crippen molar-refractivity contribution in [3.63, 3.8) is 0 Å². The van der Waals surface area contributed by atoms with Crippen molar-refractivity contribution in [2.45, 2.75) is 12.8 Å². The zero-order valence-corrected chi connectivity index (χ0v) is 18.4. The Kier molecular flexibility index (Phi) is 6.53. The fraction of sp³-hybridized carbons (Fsp3) is 0.409. The lowest BCUT2D eigenvalue weighted by Gasteiger charge is -2.38. The van der Waals surface area contributed by atoms with E-state index in [1.165, 1.54) is 6.26 Å². The molecule has 0 atom stereocenters. The minimum absolute atomic E-state index is 0.1000. The molecule has 2 saturated heterocycles. The lowest BCUT2D eigenvalue weighted by atomic mass is 9.94. The summed E-state index contributed by atoms with van der Waals surface area (Å²) in [7, 11) is 0. The van der Waals surface area contributed by atoms with Crippen molar-refractivity contribution in [2.75, 3.05) is 39.3 Å². The molecule has 7 nitrogen and oxygen atoms in total. The first-order chi connectivity index (χ1) is 14.9. The van der Waals surface area contributed by atoms with E-state index in [9.17, 15) is 14.4 Å². The molecule has 164 valence electrons. The molecule has 0 aliphatic carbocycles. The highest BCUT2D eigenvalue weighted by atomic mass is 35.5. The number of benzene rings is 1. The third-order valence-electron chi connectivity index (χ3n) is 5.85. The van der Waals surface area contributed by atoms with Crippen LogP contribution in [0.15, 0.2) is 41.0 Å². The Morgan fingerprint density at radius 1 is 0.806 bits per heavy atom.